The molecule has 122 valence electrons. The molecule has 23 heavy (non-hydrogen) atoms. The average molecular weight is 324 g/mol. The number of aromatic nitrogens is 1. The van der Waals surface area contributed by atoms with E-state index in [1.807, 2.05) is 0 Å². The van der Waals surface area contributed by atoms with Crippen LogP contribution in [0, 0.1) is 0 Å². The van der Waals surface area contributed by atoms with Gasteiger partial charge >= 0.3 is 6.18 Å². The van der Waals surface area contributed by atoms with Gasteiger partial charge < -0.3 is 9.32 Å². The molecule has 2 aromatic rings. The van der Waals surface area contributed by atoms with Gasteiger partial charge in [0.1, 0.15) is 5.76 Å². The lowest BCUT2D eigenvalue weighted by atomic mass is 10.1. The zero-order valence-electron chi connectivity index (χ0n) is 12.4. The maximum atomic E-state index is 12.7. The number of amides is 1. The number of nitrogens with zero attached hydrogens (tertiary/aromatic N) is 2. The Morgan fingerprint density at radius 2 is 2.13 bits per heavy atom. The fourth-order valence-corrected chi connectivity index (χ4v) is 2.42. The summed E-state index contributed by atoms with van der Waals surface area (Å²) >= 11 is 0. The average Bonchev–Trinajstić information content (AvgIpc) is 3.23. The molecule has 1 fully saturated rings. The van der Waals surface area contributed by atoms with Crippen molar-refractivity contribution in [3.8, 4) is 0 Å². The number of carbonyl (C=O) groups excluding carboxylic acids is 1. The fraction of sp³-hybridized carbons (Fsp3) is 0.375. The Morgan fingerprint density at radius 1 is 1.39 bits per heavy atom. The first kappa shape index (κ1) is 15.6. The highest BCUT2D eigenvalue weighted by atomic mass is 19.4. The van der Waals surface area contributed by atoms with Gasteiger partial charge in [0.25, 0.3) is 5.91 Å². The predicted molar refractivity (Wildman–Crippen MR) is 75.7 cm³/mol. The molecule has 1 aliphatic carbocycles. The summed E-state index contributed by atoms with van der Waals surface area (Å²) in [6.45, 7) is 0.0692. The largest absolute Gasteiger partial charge is 0.447 e. The van der Waals surface area contributed by atoms with Crippen LogP contribution in [-0.2, 0) is 12.7 Å². The lowest BCUT2D eigenvalue weighted by Gasteiger charge is -2.17. The lowest BCUT2D eigenvalue weighted by molar-refractivity contribution is -0.137. The number of hydrogen-bond acceptors (Lipinski definition) is 3. The van der Waals surface area contributed by atoms with Gasteiger partial charge in [-0.25, -0.2) is 4.98 Å². The fourth-order valence-electron chi connectivity index (χ4n) is 2.42. The molecule has 1 saturated carbocycles. The van der Waals surface area contributed by atoms with Crippen molar-refractivity contribution in [1.82, 2.24) is 9.88 Å². The molecule has 3 rings (SSSR count). The number of alkyl halides is 3. The van der Waals surface area contributed by atoms with Crippen LogP contribution < -0.4 is 0 Å². The minimum absolute atomic E-state index is 0.0692. The Balaban J connectivity index is 1.75. The van der Waals surface area contributed by atoms with Crippen molar-refractivity contribution in [3.63, 3.8) is 0 Å². The Morgan fingerprint density at radius 3 is 2.78 bits per heavy atom. The van der Waals surface area contributed by atoms with E-state index in [9.17, 15) is 18.0 Å². The SMILES string of the molecule is CN(Cc1cccc(C(F)(F)F)c1)C(=O)c1ncoc1C1CC1. The zero-order chi connectivity index (χ0) is 16.6. The quantitative estimate of drug-likeness (QED) is 0.858. The van der Waals surface area contributed by atoms with Crippen LogP contribution >= 0.6 is 0 Å². The van der Waals surface area contributed by atoms with Crippen LogP contribution in [0.3, 0.4) is 0 Å². The maximum absolute atomic E-state index is 12.7. The normalized spacial score (nSPS) is 14.8. The van der Waals surface area contributed by atoms with Crippen molar-refractivity contribution in [2.24, 2.45) is 0 Å². The van der Waals surface area contributed by atoms with Crippen molar-refractivity contribution in [2.75, 3.05) is 7.05 Å². The van der Waals surface area contributed by atoms with Gasteiger partial charge in [0.2, 0.25) is 0 Å². The van der Waals surface area contributed by atoms with Gasteiger partial charge in [0.05, 0.1) is 5.56 Å². The molecule has 1 aromatic heterocycles. The minimum atomic E-state index is -4.40. The minimum Gasteiger partial charge on any atom is -0.447 e. The van der Waals surface area contributed by atoms with E-state index < -0.39 is 11.7 Å². The van der Waals surface area contributed by atoms with E-state index in [0.717, 1.165) is 25.0 Å². The third-order valence-corrected chi connectivity index (χ3v) is 3.77. The van der Waals surface area contributed by atoms with Crippen LogP contribution in [0.15, 0.2) is 35.1 Å². The first-order valence-corrected chi connectivity index (χ1v) is 7.21. The number of rotatable bonds is 4. The van der Waals surface area contributed by atoms with Crippen molar-refractivity contribution in [3.05, 3.63) is 53.2 Å². The molecule has 0 unspecified atom stereocenters. The Bertz CT molecular complexity index is 720. The molecule has 7 heteroatoms. The molecule has 0 atom stereocenters. The van der Waals surface area contributed by atoms with E-state index in [1.165, 1.54) is 24.4 Å². The van der Waals surface area contributed by atoms with Crippen LogP contribution in [0.1, 0.15) is 46.1 Å². The number of benzene rings is 1. The monoisotopic (exact) mass is 324 g/mol. The van der Waals surface area contributed by atoms with Gasteiger partial charge in [-0.15, -0.1) is 0 Å². The van der Waals surface area contributed by atoms with E-state index in [-0.39, 0.29) is 24.1 Å². The third-order valence-electron chi connectivity index (χ3n) is 3.77. The highest BCUT2D eigenvalue weighted by Crippen LogP contribution is 2.41. The molecule has 1 amide bonds. The molecular formula is C16H15F3N2O2. The third kappa shape index (κ3) is 3.38. The molecule has 4 nitrogen and oxygen atoms in total. The second-order valence-electron chi connectivity index (χ2n) is 5.70. The molecule has 0 radical (unpaired) electrons. The number of oxazole rings is 1. The lowest BCUT2D eigenvalue weighted by Crippen LogP contribution is -2.27. The Hall–Kier alpha value is -2.31. The van der Waals surface area contributed by atoms with Crippen LogP contribution in [0.25, 0.3) is 0 Å². The molecule has 0 spiro atoms. The van der Waals surface area contributed by atoms with Crippen molar-refractivity contribution >= 4 is 5.91 Å². The van der Waals surface area contributed by atoms with Gasteiger partial charge in [-0.1, -0.05) is 12.1 Å². The van der Waals surface area contributed by atoms with Gasteiger partial charge in [0.15, 0.2) is 12.1 Å². The summed E-state index contributed by atoms with van der Waals surface area (Å²) in [6, 6.07) is 4.95. The van der Waals surface area contributed by atoms with E-state index in [1.54, 1.807) is 6.07 Å². The highest BCUT2D eigenvalue weighted by molar-refractivity contribution is 5.93. The van der Waals surface area contributed by atoms with Gasteiger partial charge in [-0.2, -0.15) is 13.2 Å². The summed E-state index contributed by atoms with van der Waals surface area (Å²) in [5, 5.41) is 0. The summed E-state index contributed by atoms with van der Waals surface area (Å²) in [4.78, 5) is 17.7. The second-order valence-corrected chi connectivity index (χ2v) is 5.70. The Kier molecular flexibility index (Phi) is 3.87. The van der Waals surface area contributed by atoms with Crippen molar-refractivity contribution in [1.29, 1.82) is 0 Å². The highest BCUT2D eigenvalue weighted by Gasteiger charge is 2.34. The molecule has 0 bridgehead atoms. The summed E-state index contributed by atoms with van der Waals surface area (Å²) in [7, 11) is 1.54. The molecule has 0 saturated heterocycles. The topological polar surface area (TPSA) is 46.3 Å². The Labute approximate surface area is 130 Å². The van der Waals surface area contributed by atoms with Crippen LogP contribution in [0.5, 0.6) is 0 Å². The standard InChI is InChI=1S/C16H15F3N2O2/c1-21(8-10-3-2-4-12(7-10)16(17,18)19)15(22)13-14(11-5-6-11)23-9-20-13/h2-4,7,9,11H,5-6,8H2,1H3. The number of halogens is 3. The van der Waals surface area contributed by atoms with Crippen molar-refractivity contribution in [2.45, 2.75) is 31.5 Å². The predicted octanol–water partition coefficient (Wildman–Crippen LogP) is 3.84. The van der Waals surface area contributed by atoms with Crippen LogP contribution in [0.4, 0.5) is 13.2 Å². The maximum Gasteiger partial charge on any atom is 0.416 e. The summed E-state index contributed by atoms with van der Waals surface area (Å²) in [6.07, 6.45) is -1.23. The van der Waals surface area contributed by atoms with E-state index >= 15 is 0 Å². The summed E-state index contributed by atoms with van der Waals surface area (Å²) in [5.74, 6) is 0.461. The molecule has 0 aliphatic heterocycles. The van der Waals surface area contributed by atoms with Crippen LogP contribution in [-0.4, -0.2) is 22.8 Å². The van der Waals surface area contributed by atoms with Gasteiger partial charge in [-0.05, 0) is 30.5 Å². The number of carbonyl (C=O) groups is 1. The molecule has 1 heterocycles. The summed E-state index contributed by atoms with van der Waals surface area (Å²) in [5.41, 5.74) is -0.0647. The molecular weight excluding hydrogens is 309 g/mol. The first-order chi connectivity index (χ1) is 10.9. The van der Waals surface area contributed by atoms with Gasteiger partial charge in [-0.3, -0.25) is 4.79 Å². The van der Waals surface area contributed by atoms with Crippen molar-refractivity contribution < 1.29 is 22.4 Å². The van der Waals surface area contributed by atoms with Crippen LogP contribution in [0.2, 0.25) is 0 Å². The summed E-state index contributed by atoms with van der Waals surface area (Å²) < 4.78 is 43.5. The van der Waals surface area contributed by atoms with E-state index in [4.69, 9.17) is 4.42 Å². The zero-order valence-corrected chi connectivity index (χ0v) is 12.4. The first-order valence-electron chi connectivity index (χ1n) is 7.21. The van der Waals surface area contributed by atoms with E-state index in [0.29, 0.717) is 11.3 Å². The van der Waals surface area contributed by atoms with Gasteiger partial charge in [0, 0.05) is 19.5 Å². The number of hydrogen-bond donors (Lipinski definition) is 0. The molecule has 1 aromatic carbocycles. The van der Waals surface area contributed by atoms with E-state index in [2.05, 4.69) is 4.98 Å². The molecule has 1 aliphatic rings. The smallest absolute Gasteiger partial charge is 0.416 e. The molecule has 0 N–H and O–H groups in total. The second kappa shape index (κ2) is 5.72.